The Morgan fingerprint density at radius 3 is 2.53 bits per heavy atom. The van der Waals surface area contributed by atoms with Crippen LogP contribution in [0.3, 0.4) is 0 Å². The van der Waals surface area contributed by atoms with Gasteiger partial charge < -0.3 is 4.90 Å². The Hall–Kier alpha value is -0.530. The fraction of sp³-hybridized carbons (Fsp3) is 0.538. The fourth-order valence-electron chi connectivity index (χ4n) is 2.28. The van der Waals surface area contributed by atoms with Crippen molar-refractivity contribution in [2.45, 2.75) is 25.7 Å². The molecule has 1 aromatic rings. The first kappa shape index (κ1) is 11.0. The number of rotatable bonds is 1. The molecule has 1 nitrogen and oxygen atoms in total. The number of hydrogen-bond acceptors (Lipinski definition) is 1. The second-order valence-electron chi connectivity index (χ2n) is 4.60. The first-order valence-electron chi connectivity index (χ1n) is 5.61. The second kappa shape index (κ2) is 4.54. The zero-order valence-electron chi connectivity index (χ0n) is 9.46. The fourth-order valence-corrected chi connectivity index (χ4v) is 2.67. The van der Waals surface area contributed by atoms with Crippen LogP contribution in [0.15, 0.2) is 18.2 Å². The lowest BCUT2D eigenvalue weighted by molar-refractivity contribution is 0.255. The van der Waals surface area contributed by atoms with Crippen LogP contribution >= 0.6 is 11.6 Å². The van der Waals surface area contributed by atoms with E-state index in [1.54, 1.807) is 0 Å². The van der Waals surface area contributed by atoms with E-state index < -0.39 is 0 Å². The van der Waals surface area contributed by atoms with Crippen molar-refractivity contribution < 1.29 is 0 Å². The molecule has 15 heavy (non-hydrogen) atoms. The molecular formula is C13H18ClN. The summed E-state index contributed by atoms with van der Waals surface area (Å²) in [5.41, 5.74) is 2.59. The molecule has 1 aliphatic heterocycles. The van der Waals surface area contributed by atoms with Gasteiger partial charge in [-0.1, -0.05) is 23.7 Å². The molecule has 1 aromatic carbocycles. The molecule has 0 spiro atoms. The van der Waals surface area contributed by atoms with Gasteiger partial charge in [0.15, 0.2) is 0 Å². The Bertz CT molecular complexity index is 340. The van der Waals surface area contributed by atoms with E-state index in [4.69, 9.17) is 11.6 Å². The molecule has 0 amide bonds. The van der Waals surface area contributed by atoms with E-state index in [-0.39, 0.29) is 0 Å². The molecule has 82 valence electrons. The highest BCUT2D eigenvalue weighted by molar-refractivity contribution is 6.31. The van der Waals surface area contributed by atoms with E-state index in [9.17, 15) is 0 Å². The average molecular weight is 224 g/mol. The van der Waals surface area contributed by atoms with Crippen LogP contribution in [-0.2, 0) is 0 Å². The van der Waals surface area contributed by atoms with Crippen molar-refractivity contribution in [2.75, 3.05) is 20.1 Å². The number of nitrogens with zero attached hydrogens (tertiary/aromatic N) is 1. The molecule has 0 aliphatic carbocycles. The van der Waals surface area contributed by atoms with Gasteiger partial charge in [-0.05, 0) is 63.0 Å². The lowest BCUT2D eigenvalue weighted by Gasteiger charge is -2.29. The van der Waals surface area contributed by atoms with Gasteiger partial charge in [-0.25, -0.2) is 0 Å². The Kier molecular flexibility index (Phi) is 3.32. The minimum Gasteiger partial charge on any atom is -0.306 e. The summed E-state index contributed by atoms with van der Waals surface area (Å²) < 4.78 is 0. The molecule has 1 saturated heterocycles. The van der Waals surface area contributed by atoms with Gasteiger partial charge in [-0.3, -0.25) is 0 Å². The summed E-state index contributed by atoms with van der Waals surface area (Å²) in [6, 6.07) is 6.45. The van der Waals surface area contributed by atoms with E-state index in [2.05, 4.69) is 37.1 Å². The Labute approximate surface area is 97.0 Å². The van der Waals surface area contributed by atoms with E-state index in [0.29, 0.717) is 5.92 Å². The van der Waals surface area contributed by atoms with Crippen molar-refractivity contribution >= 4 is 11.6 Å². The topological polar surface area (TPSA) is 3.24 Å². The number of benzene rings is 1. The number of likely N-dealkylation sites (tertiary alicyclic amines) is 1. The molecule has 0 atom stereocenters. The molecule has 1 heterocycles. The first-order valence-corrected chi connectivity index (χ1v) is 5.99. The maximum atomic E-state index is 6.29. The predicted molar refractivity (Wildman–Crippen MR) is 65.7 cm³/mol. The average Bonchev–Trinajstić information content (AvgIpc) is 2.20. The highest BCUT2D eigenvalue weighted by Crippen LogP contribution is 2.32. The molecule has 0 radical (unpaired) electrons. The summed E-state index contributed by atoms with van der Waals surface area (Å²) in [7, 11) is 2.19. The molecule has 0 unspecified atom stereocenters. The predicted octanol–water partition coefficient (Wildman–Crippen LogP) is 3.46. The van der Waals surface area contributed by atoms with Gasteiger partial charge >= 0.3 is 0 Å². The number of hydrogen-bond donors (Lipinski definition) is 0. The molecule has 1 fully saturated rings. The van der Waals surface area contributed by atoms with E-state index in [0.717, 1.165) is 5.02 Å². The molecule has 2 heteroatoms. The zero-order valence-corrected chi connectivity index (χ0v) is 10.2. The smallest absolute Gasteiger partial charge is 0.0443 e. The quantitative estimate of drug-likeness (QED) is 0.705. The molecule has 0 N–H and O–H groups in total. The van der Waals surface area contributed by atoms with Gasteiger partial charge in [0.05, 0.1) is 0 Å². The van der Waals surface area contributed by atoms with Crippen LogP contribution in [0, 0.1) is 6.92 Å². The lowest BCUT2D eigenvalue weighted by atomic mass is 9.89. The van der Waals surface area contributed by atoms with Gasteiger partial charge in [-0.2, -0.15) is 0 Å². The zero-order chi connectivity index (χ0) is 10.8. The Morgan fingerprint density at radius 2 is 1.93 bits per heavy atom. The van der Waals surface area contributed by atoms with Gasteiger partial charge in [0.25, 0.3) is 0 Å². The second-order valence-corrected chi connectivity index (χ2v) is 5.01. The maximum absolute atomic E-state index is 6.29. The monoisotopic (exact) mass is 223 g/mol. The third kappa shape index (κ3) is 2.53. The first-order chi connectivity index (χ1) is 7.16. The molecule has 2 rings (SSSR count). The lowest BCUT2D eigenvalue weighted by Crippen LogP contribution is -2.29. The van der Waals surface area contributed by atoms with Crippen LogP contribution in [0.25, 0.3) is 0 Å². The highest BCUT2D eigenvalue weighted by atomic mass is 35.5. The summed E-state index contributed by atoms with van der Waals surface area (Å²) in [5.74, 6) is 0.661. The largest absolute Gasteiger partial charge is 0.306 e. The number of halogens is 1. The number of aryl methyl sites for hydroxylation is 1. The van der Waals surface area contributed by atoms with Crippen LogP contribution in [-0.4, -0.2) is 25.0 Å². The third-order valence-electron chi connectivity index (χ3n) is 3.31. The van der Waals surface area contributed by atoms with Crippen LogP contribution in [0.4, 0.5) is 0 Å². The minimum atomic E-state index is 0.661. The minimum absolute atomic E-state index is 0.661. The van der Waals surface area contributed by atoms with E-state index >= 15 is 0 Å². The summed E-state index contributed by atoms with van der Waals surface area (Å²) in [5, 5.41) is 0.949. The summed E-state index contributed by atoms with van der Waals surface area (Å²) in [6.45, 7) is 4.47. The Morgan fingerprint density at radius 1 is 1.27 bits per heavy atom. The van der Waals surface area contributed by atoms with Gasteiger partial charge in [0.2, 0.25) is 0 Å². The van der Waals surface area contributed by atoms with Crippen LogP contribution in [0.2, 0.25) is 5.02 Å². The molecule has 0 aromatic heterocycles. The normalized spacial score (nSPS) is 19.4. The number of piperidine rings is 1. The van der Waals surface area contributed by atoms with Crippen LogP contribution in [0.1, 0.15) is 29.9 Å². The summed E-state index contributed by atoms with van der Waals surface area (Å²) in [6.07, 6.45) is 2.47. The van der Waals surface area contributed by atoms with Crippen molar-refractivity contribution in [2.24, 2.45) is 0 Å². The van der Waals surface area contributed by atoms with Gasteiger partial charge in [-0.15, -0.1) is 0 Å². The Balaban J connectivity index is 2.15. The van der Waals surface area contributed by atoms with Crippen molar-refractivity contribution in [3.05, 3.63) is 34.3 Å². The summed E-state index contributed by atoms with van der Waals surface area (Å²) >= 11 is 6.29. The van der Waals surface area contributed by atoms with Crippen molar-refractivity contribution in [1.29, 1.82) is 0 Å². The van der Waals surface area contributed by atoms with E-state index in [1.807, 2.05) is 0 Å². The SMILES string of the molecule is Cc1ccc(C2CCN(C)CC2)c(Cl)c1. The molecule has 0 bridgehead atoms. The standard InChI is InChI=1S/C13H18ClN/c1-10-3-4-12(13(14)9-10)11-5-7-15(2)8-6-11/h3-4,9,11H,5-8H2,1-2H3. The van der Waals surface area contributed by atoms with Crippen LogP contribution in [0.5, 0.6) is 0 Å². The molecule has 0 saturated carbocycles. The van der Waals surface area contributed by atoms with Gasteiger partial charge in [0.1, 0.15) is 0 Å². The van der Waals surface area contributed by atoms with E-state index in [1.165, 1.54) is 37.1 Å². The highest BCUT2D eigenvalue weighted by Gasteiger charge is 2.20. The van der Waals surface area contributed by atoms with Gasteiger partial charge in [0, 0.05) is 5.02 Å². The third-order valence-corrected chi connectivity index (χ3v) is 3.64. The molecular weight excluding hydrogens is 206 g/mol. The van der Waals surface area contributed by atoms with Crippen molar-refractivity contribution in [3.8, 4) is 0 Å². The van der Waals surface area contributed by atoms with Crippen molar-refractivity contribution in [1.82, 2.24) is 4.90 Å². The van der Waals surface area contributed by atoms with Crippen molar-refractivity contribution in [3.63, 3.8) is 0 Å². The summed E-state index contributed by atoms with van der Waals surface area (Å²) in [4.78, 5) is 2.39. The maximum Gasteiger partial charge on any atom is 0.0443 e. The van der Waals surface area contributed by atoms with Crippen LogP contribution < -0.4 is 0 Å². The molecule has 1 aliphatic rings.